The van der Waals surface area contributed by atoms with E-state index in [0.717, 1.165) is 56.4 Å². The van der Waals surface area contributed by atoms with Gasteiger partial charge in [-0.3, -0.25) is 9.69 Å². The van der Waals surface area contributed by atoms with Crippen LogP contribution >= 0.6 is 0 Å². The molecule has 5 rings (SSSR count). The summed E-state index contributed by atoms with van der Waals surface area (Å²) in [6.45, 7) is 5.92. The molecule has 0 saturated carbocycles. The molecule has 3 heterocycles. The number of halogens is 1. The fraction of sp³-hybridized carbons (Fsp3) is 0.500. The molecule has 2 fully saturated rings. The van der Waals surface area contributed by atoms with Crippen LogP contribution in [0.1, 0.15) is 48.8 Å². The van der Waals surface area contributed by atoms with Crippen molar-refractivity contribution >= 4 is 5.97 Å². The minimum absolute atomic E-state index is 0.0502. The molecule has 248 valence electrons. The largest absolute Gasteiger partial charge is 0.493 e. The summed E-state index contributed by atoms with van der Waals surface area (Å²) < 4.78 is 38.8. The molecule has 1 atom stereocenters. The molecule has 3 aromatic rings. The fourth-order valence-electron chi connectivity index (χ4n) is 6.18. The first-order valence-corrected chi connectivity index (χ1v) is 15.8. The van der Waals surface area contributed by atoms with Gasteiger partial charge in [-0.15, -0.1) is 0 Å². The summed E-state index contributed by atoms with van der Waals surface area (Å²) in [4.78, 5) is 24.6. The van der Waals surface area contributed by atoms with Gasteiger partial charge in [-0.1, -0.05) is 30.3 Å². The molecule has 0 bridgehead atoms. The van der Waals surface area contributed by atoms with Crippen LogP contribution < -0.4 is 18.9 Å². The number of rotatable bonds is 14. The highest BCUT2D eigenvalue weighted by atomic mass is 19.1. The summed E-state index contributed by atoms with van der Waals surface area (Å²) in [5.41, 5.74) is 2.84. The number of aromatic nitrogens is 2. The third-order valence-corrected chi connectivity index (χ3v) is 8.75. The van der Waals surface area contributed by atoms with E-state index in [4.69, 9.17) is 18.9 Å². The first-order valence-electron chi connectivity index (χ1n) is 15.8. The first-order chi connectivity index (χ1) is 22.3. The number of aliphatic carboxylic acids is 1. The van der Waals surface area contributed by atoms with E-state index in [-0.39, 0.29) is 37.0 Å². The summed E-state index contributed by atoms with van der Waals surface area (Å²) in [5, 5.41) is 19.3. The highest BCUT2D eigenvalue weighted by Gasteiger charge is 2.32. The van der Waals surface area contributed by atoms with Gasteiger partial charge in [0.2, 0.25) is 11.8 Å². The molecule has 11 nitrogen and oxygen atoms in total. The van der Waals surface area contributed by atoms with Crippen LogP contribution in [-0.2, 0) is 17.9 Å². The third kappa shape index (κ3) is 7.86. The fourth-order valence-corrected chi connectivity index (χ4v) is 6.18. The van der Waals surface area contributed by atoms with Crippen molar-refractivity contribution in [3.8, 4) is 34.6 Å². The minimum Gasteiger partial charge on any atom is -0.493 e. The Bertz CT molecular complexity index is 1470. The number of ether oxygens (including phenoxy) is 4. The average molecular weight is 639 g/mol. The van der Waals surface area contributed by atoms with Crippen LogP contribution in [0, 0.1) is 12.7 Å². The van der Waals surface area contributed by atoms with Crippen LogP contribution in [0.3, 0.4) is 0 Å². The smallest absolute Gasteiger partial charge is 0.323 e. The van der Waals surface area contributed by atoms with Crippen molar-refractivity contribution in [1.82, 2.24) is 19.8 Å². The van der Waals surface area contributed by atoms with Crippen molar-refractivity contribution in [2.45, 2.75) is 64.3 Å². The molecule has 0 spiro atoms. The molecule has 2 aliphatic heterocycles. The van der Waals surface area contributed by atoms with Gasteiger partial charge in [0.05, 0.1) is 32.5 Å². The van der Waals surface area contributed by atoms with Gasteiger partial charge < -0.3 is 34.1 Å². The van der Waals surface area contributed by atoms with Crippen molar-refractivity contribution in [2.75, 3.05) is 47.0 Å². The van der Waals surface area contributed by atoms with E-state index in [1.807, 2.05) is 30.0 Å². The Labute approximate surface area is 268 Å². The monoisotopic (exact) mass is 638 g/mol. The number of carbonyl (C=O) groups is 1. The van der Waals surface area contributed by atoms with E-state index in [2.05, 4.69) is 14.9 Å². The number of methoxy groups -OCH3 is 2. The molecule has 12 heteroatoms. The summed E-state index contributed by atoms with van der Waals surface area (Å²) in [7, 11) is 2.91. The lowest BCUT2D eigenvalue weighted by atomic mass is 9.97. The Kier molecular flexibility index (Phi) is 11.3. The van der Waals surface area contributed by atoms with Crippen LogP contribution in [-0.4, -0.2) is 95.1 Å². The Hall–Kier alpha value is -4.00. The predicted molar refractivity (Wildman–Crippen MR) is 169 cm³/mol. The molecule has 2 N–H and O–H groups in total. The lowest BCUT2D eigenvalue weighted by molar-refractivity contribution is -0.142. The number of piperidine rings is 1. The second-order valence-electron chi connectivity index (χ2n) is 11.7. The van der Waals surface area contributed by atoms with Gasteiger partial charge in [0.15, 0.2) is 0 Å². The first kappa shape index (κ1) is 33.4. The number of hydrogen-bond donors (Lipinski definition) is 2. The number of nitrogens with zero attached hydrogens (tertiary/aromatic N) is 4. The zero-order valence-corrected chi connectivity index (χ0v) is 26.7. The molecule has 0 amide bonds. The maximum atomic E-state index is 15.9. The molecule has 2 aliphatic rings. The van der Waals surface area contributed by atoms with Crippen molar-refractivity contribution in [2.24, 2.45) is 0 Å². The van der Waals surface area contributed by atoms with Crippen LogP contribution in [0.25, 0.3) is 11.1 Å². The predicted octanol–water partition coefficient (Wildman–Crippen LogP) is 4.46. The van der Waals surface area contributed by atoms with Crippen LogP contribution in [0.5, 0.6) is 23.5 Å². The van der Waals surface area contributed by atoms with E-state index in [0.29, 0.717) is 42.0 Å². The standard InChI is InChI=1S/C34H43FN4O7/c1-22-25(9-5-12-29(22)45-19-7-15-38-17-13-24(40)14-18-38)26-10-4-8-23(30(26)35)21-46-34-36-31(43-2)27(32(37-34)44-3)20-39-16-6-11-28(39)33(41)42/h4-5,8-10,12,24,28,40H,6-7,11,13-21H2,1-3H3,(H,41,42)/t28-/m0/s1. The average Bonchev–Trinajstić information content (AvgIpc) is 3.53. The van der Waals surface area contributed by atoms with Crippen LogP contribution in [0.15, 0.2) is 36.4 Å². The topological polar surface area (TPSA) is 127 Å². The maximum Gasteiger partial charge on any atom is 0.323 e. The normalized spacial score (nSPS) is 17.6. The Morgan fingerprint density at radius 2 is 1.67 bits per heavy atom. The van der Waals surface area contributed by atoms with Gasteiger partial charge in [-0.05, 0) is 62.8 Å². The molecular weight excluding hydrogens is 595 g/mol. The van der Waals surface area contributed by atoms with E-state index < -0.39 is 17.8 Å². The van der Waals surface area contributed by atoms with Gasteiger partial charge in [0.1, 0.15) is 24.2 Å². The van der Waals surface area contributed by atoms with Gasteiger partial charge in [0, 0.05) is 37.3 Å². The minimum atomic E-state index is -0.874. The van der Waals surface area contributed by atoms with E-state index in [9.17, 15) is 15.0 Å². The van der Waals surface area contributed by atoms with Crippen molar-refractivity contribution in [3.05, 3.63) is 58.9 Å². The molecule has 0 aliphatic carbocycles. The maximum absolute atomic E-state index is 15.9. The number of carboxylic acid groups (broad SMARTS) is 1. The van der Waals surface area contributed by atoms with Gasteiger partial charge >= 0.3 is 12.0 Å². The Morgan fingerprint density at radius 3 is 2.37 bits per heavy atom. The van der Waals surface area contributed by atoms with Crippen molar-refractivity contribution < 1.29 is 38.3 Å². The summed E-state index contributed by atoms with van der Waals surface area (Å²) in [6, 6.07) is 10.1. The molecule has 46 heavy (non-hydrogen) atoms. The van der Waals surface area contributed by atoms with E-state index in [1.54, 1.807) is 18.2 Å². The SMILES string of the molecule is COc1nc(OCc2cccc(-c3cccc(OCCCN4CCC(O)CC4)c3C)c2F)nc(OC)c1CN1CCC[C@H]1C(=O)O. The molecule has 2 aromatic carbocycles. The van der Waals surface area contributed by atoms with Crippen LogP contribution in [0.2, 0.25) is 0 Å². The zero-order chi connectivity index (χ0) is 32.6. The second kappa shape index (κ2) is 15.5. The zero-order valence-electron chi connectivity index (χ0n) is 26.7. The lowest BCUT2D eigenvalue weighted by Gasteiger charge is -2.29. The summed E-state index contributed by atoms with van der Waals surface area (Å²) in [5.74, 6) is -0.173. The van der Waals surface area contributed by atoms with E-state index >= 15 is 4.39 Å². The number of hydrogen-bond acceptors (Lipinski definition) is 10. The highest BCUT2D eigenvalue weighted by Crippen LogP contribution is 2.34. The van der Waals surface area contributed by atoms with Crippen molar-refractivity contribution in [3.63, 3.8) is 0 Å². The quantitative estimate of drug-likeness (QED) is 0.243. The second-order valence-corrected chi connectivity index (χ2v) is 11.7. The van der Waals surface area contributed by atoms with Gasteiger partial charge in [-0.25, -0.2) is 4.39 Å². The molecule has 0 radical (unpaired) electrons. The summed E-state index contributed by atoms with van der Waals surface area (Å²) in [6.07, 6.45) is 3.65. The number of likely N-dealkylation sites (tertiary alicyclic amines) is 2. The third-order valence-electron chi connectivity index (χ3n) is 8.75. The molecule has 1 aromatic heterocycles. The lowest BCUT2D eigenvalue weighted by Crippen LogP contribution is -2.36. The van der Waals surface area contributed by atoms with Crippen LogP contribution in [0.4, 0.5) is 4.39 Å². The van der Waals surface area contributed by atoms with Gasteiger partial charge in [-0.2, -0.15) is 9.97 Å². The Morgan fingerprint density at radius 1 is 0.978 bits per heavy atom. The van der Waals surface area contributed by atoms with Crippen molar-refractivity contribution in [1.29, 1.82) is 0 Å². The molecular formula is C34H43FN4O7. The molecule has 0 unspecified atom stereocenters. The van der Waals surface area contributed by atoms with Gasteiger partial charge in [0.25, 0.3) is 0 Å². The number of benzene rings is 2. The highest BCUT2D eigenvalue weighted by molar-refractivity contribution is 5.74. The summed E-state index contributed by atoms with van der Waals surface area (Å²) >= 11 is 0. The number of carboxylic acids is 1. The number of aliphatic hydroxyl groups excluding tert-OH is 1. The molecule has 2 saturated heterocycles. The van der Waals surface area contributed by atoms with E-state index in [1.165, 1.54) is 14.2 Å². The Balaban J connectivity index is 1.25. The number of aliphatic hydroxyl groups is 1.